The number of benzene rings is 3. The predicted octanol–water partition coefficient (Wildman–Crippen LogP) is 6.87. The summed E-state index contributed by atoms with van der Waals surface area (Å²) in [6.07, 6.45) is 0. The molecule has 0 aliphatic carbocycles. The molecule has 0 unspecified atom stereocenters. The summed E-state index contributed by atoms with van der Waals surface area (Å²) < 4.78 is 7.09. The molecule has 0 saturated heterocycles. The lowest BCUT2D eigenvalue weighted by atomic mass is 10.0. The number of ether oxygens (including phenoxy) is 1. The van der Waals surface area contributed by atoms with Gasteiger partial charge in [0.2, 0.25) is 0 Å². The Morgan fingerprint density at radius 2 is 1.67 bits per heavy atom. The van der Waals surface area contributed by atoms with Gasteiger partial charge in [-0.3, -0.25) is 14.5 Å². The molecule has 3 aromatic rings. The van der Waals surface area contributed by atoms with Gasteiger partial charge in [0, 0.05) is 16.8 Å². The summed E-state index contributed by atoms with van der Waals surface area (Å²) in [5.41, 5.74) is 2.33. The van der Waals surface area contributed by atoms with Crippen LogP contribution in [0.1, 0.15) is 41.3 Å². The van der Waals surface area contributed by atoms with Gasteiger partial charge in [-0.05, 0) is 86.7 Å². The number of carbonyl (C=O) groups is 2. The van der Waals surface area contributed by atoms with E-state index in [0.29, 0.717) is 31.7 Å². The maximum Gasteiger partial charge on any atom is 0.323 e. The first-order valence-corrected chi connectivity index (χ1v) is 11.8. The summed E-state index contributed by atoms with van der Waals surface area (Å²) in [6, 6.07) is 15.3. The Balaban J connectivity index is 1.99. The van der Waals surface area contributed by atoms with E-state index in [-0.39, 0.29) is 11.7 Å². The Bertz CT molecular complexity index is 1190. The van der Waals surface area contributed by atoms with E-state index < -0.39 is 18.4 Å². The molecule has 3 rings (SSSR count). The zero-order chi connectivity index (χ0) is 24.3. The summed E-state index contributed by atoms with van der Waals surface area (Å²) >= 11 is 6.96. The second-order valence-corrected chi connectivity index (χ2v) is 9.52. The molecule has 8 heteroatoms. The third-order valence-electron chi connectivity index (χ3n) is 5.05. The molecule has 0 bridgehead atoms. The van der Waals surface area contributed by atoms with Crippen LogP contribution < -0.4 is 9.64 Å². The van der Waals surface area contributed by atoms with Gasteiger partial charge in [0.1, 0.15) is 18.0 Å². The van der Waals surface area contributed by atoms with Crippen molar-refractivity contribution in [3.05, 3.63) is 80.2 Å². The fraction of sp³-hybridized carbons (Fsp3) is 0.200. The second kappa shape index (κ2) is 10.4. The van der Waals surface area contributed by atoms with Gasteiger partial charge >= 0.3 is 5.97 Å². The molecule has 6 nitrogen and oxygen atoms in total. The zero-order valence-corrected chi connectivity index (χ0v) is 21.5. The van der Waals surface area contributed by atoms with E-state index in [9.17, 15) is 19.8 Å². The number of anilines is 1. The lowest BCUT2D eigenvalue weighted by Crippen LogP contribution is -2.36. The van der Waals surface area contributed by atoms with Gasteiger partial charge in [-0.25, -0.2) is 0 Å². The normalized spacial score (nSPS) is 10.8. The van der Waals surface area contributed by atoms with E-state index >= 15 is 0 Å². The van der Waals surface area contributed by atoms with Crippen LogP contribution >= 0.6 is 31.9 Å². The van der Waals surface area contributed by atoms with Gasteiger partial charge in [-0.2, -0.15) is 0 Å². The van der Waals surface area contributed by atoms with Gasteiger partial charge in [-0.15, -0.1) is 0 Å². The number of phenolic OH excluding ortho intramolecular Hbond substituents is 1. The predicted molar refractivity (Wildman–Crippen MR) is 135 cm³/mol. The maximum absolute atomic E-state index is 13.2. The number of carboxylic acids is 1. The Kier molecular flexibility index (Phi) is 7.81. The van der Waals surface area contributed by atoms with Gasteiger partial charge in [-0.1, -0.05) is 32.0 Å². The summed E-state index contributed by atoms with van der Waals surface area (Å²) in [7, 11) is 0. The summed E-state index contributed by atoms with van der Waals surface area (Å²) in [6.45, 7) is 5.25. The minimum Gasteiger partial charge on any atom is -0.508 e. The highest BCUT2D eigenvalue weighted by atomic mass is 79.9. The minimum atomic E-state index is -1.13. The van der Waals surface area contributed by atoms with E-state index in [0.717, 1.165) is 11.1 Å². The number of aryl methyl sites for hydroxylation is 1. The van der Waals surface area contributed by atoms with Crippen LogP contribution in [0.2, 0.25) is 0 Å². The number of hydrogen-bond acceptors (Lipinski definition) is 4. The molecule has 33 heavy (non-hydrogen) atoms. The number of aliphatic carboxylic acids is 1. The third kappa shape index (κ3) is 5.75. The quantitative estimate of drug-likeness (QED) is 0.320. The largest absolute Gasteiger partial charge is 0.508 e. The first kappa shape index (κ1) is 24.8. The van der Waals surface area contributed by atoms with Gasteiger partial charge in [0.25, 0.3) is 5.91 Å². The van der Waals surface area contributed by atoms with Crippen LogP contribution in [-0.4, -0.2) is 28.6 Å². The smallest absolute Gasteiger partial charge is 0.323 e. The van der Waals surface area contributed by atoms with E-state index in [2.05, 4.69) is 31.9 Å². The van der Waals surface area contributed by atoms with Crippen molar-refractivity contribution in [2.45, 2.75) is 26.7 Å². The van der Waals surface area contributed by atoms with Gasteiger partial charge in [0.15, 0.2) is 5.75 Å². The monoisotopic (exact) mass is 575 g/mol. The lowest BCUT2D eigenvalue weighted by Gasteiger charge is -2.23. The van der Waals surface area contributed by atoms with E-state index in [4.69, 9.17) is 4.74 Å². The van der Waals surface area contributed by atoms with Crippen molar-refractivity contribution < 1.29 is 24.5 Å². The molecule has 0 aromatic heterocycles. The summed E-state index contributed by atoms with van der Waals surface area (Å²) in [5.74, 6) is -0.246. The molecule has 0 saturated carbocycles. The number of rotatable bonds is 7. The van der Waals surface area contributed by atoms with Crippen LogP contribution in [0.25, 0.3) is 0 Å². The standard InChI is InChI=1S/C25H23Br2NO5/c1-14(2)19-12-17(8-9-22(19)29)33-24-20(26)10-16(11-21(24)27)28(13-23(30)31)25(32)18-7-5-4-6-15(18)3/h4-12,14,29H,13H2,1-3H3,(H,30,31). The number of nitrogens with zero attached hydrogens (tertiary/aromatic N) is 1. The molecule has 1 amide bonds. The molecule has 0 fully saturated rings. The molecule has 0 aliphatic rings. The number of aromatic hydroxyl groups is 1. The highest BCUT2D eigenvalue weighted by molar-refractivity contribution is 9.11. The maximum atomic E-state index is 13.2. The Labute approximate surface area is 209 Å². The molecule has 2 N–H and O–H groups in total. The highest BCUT2D eigenvalue weighted by Gasteiger charge is 2.24. The first-order chi connectivity index (χ1) is 15.6. The van der Waals surface area contributed by atoms with E-state index in [1.54, 1.807) is 55.5 Å². The third-order valence-corrected chi connectivity index (χ3v) is 6.23. The molecule has 0 atom stereocenters. The first-order valence-electron chi connectivity index (χ1n) is 10.2. The average Bonchev–Trinajstić information content (AvgIpc) is 2.75. The van der Waals surface area contributed by atoms with Crippen molar-refractivity contribution in [1.29, 1.82) is 0 Å². The number of halogens is 2. The van der Waals surface area contributed by atoms with Crippen LogP contribution in [0.5, 0.6) is 17.2 Å². The Hall–Kier alpha value is -2.84. The Morgan fingerprint density at radius 3 is 2.24 bits per heavy atom. The minimum absolute atomic E-state index is 0.111. The highest BCUT2D eigenvalue weighted by Crippen LogP contribution is 2.41. The van der Waals surface area contributed by atoms with Crippen molar-refractivity contribution in [3.63, 3.8) is 0 Å². The number of hydrogen-bond donors (Lipinski definition) is 2. The van der Waals surface area contributed by atoms with Gasteiger partial charge < -0.3 is 14.9 Å². The molecule has 0 heterocycles. The van der Waals surface area contributed by atoms with Crippen molar-refractivity contribution in [2.24, 2.45) is 0 Å². The molecular formula is C25H23Br2NO5. The molecule has 172 valence electrons. The van der Waals surface area contributed by atoms with Gasteiger partial charge in [0.05, 0.1) is 8.95 Å². The molecule has 0 spiro atoms. The van der Waals surface area contributed by atoms with Crippen LogP contribution in [0, 0.1) is 6.92 Å². The fourth-order valence-corrected chi connectivity index (χ4v) is 4.67. The molecule has 3 aromatic carbocycles. The van der Waals surface area contributed by atoms with Crippen LogP contribution in [0.3, 0.4) is 0 Å². The van der Waals surface area contributed by atoms with Crippen LogP contribution in [0.4, 0.5) is 5.69 Å². The lowest BCUT2D eigenvalue weighted by molar-refractivity contribution is -0.135. The zero-order valence-electron chi connectivity index (χ0n) is 18.3. The van der Waals surface area contributed by atoms with E-state index in [1.165, 1.54) is 4.90 Å². The number of carbonyl (C=O) groups excluding carboxylic acids is 1. The number of amides is 1. The number of phenols is 1. The van der Waals surface area contributed by atoms with Crippen LogP contribution in [-0.2, 0) is 4.79 Å². The van der Waals surface area contributed by atoms with Crippen molar-refractivity contribution in [3.8, 4) is 17.2 Å². The van der Waals surface area contributed by atoms with Crippen molar-refractivity contribution >= 4 is 49.4 Å². The molecular weight excluding hydrogens is 554 g/mol. The Morgan fingerprint density at radius 1 is 1.03 bits per heavy atom. The summed E-state index contributed by atoms with van der Waals surface area (Å²) in [5, 5.41) is 19.5. The fourth-order valence-electron chi connectivity index (χ4n) is 3.35. The number of carboxylic acid groups (broad SMARTS) is 1. The average molecular weight is 577 g/mol. The van der Waals surface area contributed by atoms with Crippen molar-refractivity contribution in [2.75, 3.05) is 11.4 Å². The second-order valence-electron chi connectivity index (χ2n) is 7.82. The SMILES string of the molecule is Cc1ccccc1C(=O)N(CC(=O)O)c1cc(Br)c(Oc2ccc(O)c(C(C)C)c2)c(Br)c1. The van der Waals surface area contributed by atoms with Crippen molar-refractivity contribution in [1.82, 2.24) is 0 Å². The topological polar surface area (TPSA) is 87.1 Å². The molecule has 0 radical (unpaired) electrons. The van der Waals surface area contributed by atoms with E-state index in [1.807, 2.05) is 19.9 Å². The molecule has 0 aliphatic heterocycles. The van der Waals surface area contributed by atoms with Crippen LogP contribution in [0.15, 0.2) is 63.5 Å². The summed E-state index contributed by atoms with van der Waals surface area (Å²) in [4.78, 5) is 26.0.